The highest BCUT2D eigenvalue weighted by Crippen LogP contribution is 2.24. The summed E-state index contributed by atoms with van der Waals surface area (Å²) in [5, 5.41) is 13.5. The summed E-state index contributed by atoms with van der Waals surface area (Å²) in [6.45, 7) is 0. The van der Waals surface area contributed by atoms with Crippen LogP contribution < -0.4 is 10.7 Å². The van der Waals surface area contributed by atoms with E-state index in [4.69, 9.17) is 5.11 Å². The van der Waals surface area contributed by atoms with Gasteiger partial charge in [0, 0.05) is 6.07 Å². The first-order chi connectivity index (χ1) is 6.73. The molecule has 84 valence electrons. The Hall–Kier alpha value is -1.48. The van der Waals surface area contributed by atoms with E-state index in [2.05, 4.69) is 5.14 Å². The fraction of sp³-hybridized carbons (Fsp3) is 0.167. The Morgan fingerprint density at radius 2 is 2.00 bits per heavy atom. The summed E-state index contributed by atoms with van der Waals surface area (Å²) in [5.74, 6) is -0.997. The van der Waals surface area contributed by atoms with E-state index < -0.39 is 38.3 Å². The summed E-state index contributed by atoms with van der Waals surface area (Å²) in [7, 11) is -4.43. The number of aromatic amines is 1. The zero-order chi connectivity index (χ0) is 11.8. The van der Waals surface area contributed by atoms with Crippen molar-refractivity contribution in [3.8, 4) is 5.75 Å². The molecule has 0 aliphatic carbocycles. The predicted molar refractivity (Wildman–Crippen MR) is 45.1 cm³/mol. The molecule has 15 heavy (non-hydrogen) atoms. The molecule has 0 amide bonds. The first-order valence-electron chi connectivity index (χ1n) is 3.50. The summed E-state index contributed by atoms with van der Waals surface area (Å²) in [6, 6.07) is 0.385. The minimum Gasteiger partial charge on any atom is -0.503 e. The van der Waals surface area contributed by atoms with Gasteiger partial charge in [-0.05, 0) is 0 Å². The second-order valence-corrected chi connectivity index (χ2v) is 4.14. The van der Waals surface area contributed by atoms with Gasteiger partial charge >= 0.3 is 0 Å². The van der Waals surface area contributed by atoms with Crippen LogP contribution in [0.3, 0.4) is 0 Å². The van der Waals surface area contributed by atoms with Gasteiger partial charge in [-0.15, -0.1) is 0 Å². The molecule has 1 rings (SSSR count). The van der Waals surface area contributed by atoms with E-state index in [0.717, 1.165) is 0 Å². The van der Waals surface area contributed by atoms with Crippen molar-refractivity contribution in [3.63, 3.8) is 0 Å². The number of hydrogen-bond donors (Lipinski definition) is 3. The van der Waals surface area contributed by atoms with Crippen molar-refractivity contribution in [3.05, 3.63) is 22.1 Å². The third kappa shape index (κ3) is 2.30. The van der Waals surface area contributed by atoms with Crippen molar-refractivity contribution in [2.45, 2.75) is 11.3 Å². The Morgan fingerprint density at radius 3 is 2.40 bits per heavy atom. The fourth-order valence-corrected chi connectivity index (χ4v) is 1.64. The maximum Gasteiger partial charge on any atom is 0.290 e. The van der Waals surface area contributed by atoms with Gasteiger partial charge in [0.25, 0.3) is 12.0 Å². The van der Waals surface area contributed by atoms with Crippen molar-refractivity contribution in [1.29, 1.82) is 0 Å². The Kier molecular flexibility index (Phi) is 2.77. The number of H-pyrrole nitrogens is 1. The fourth-order valence-electron chi connectivity index (χ4n) is 0.913. The Balaban J connectivity index is 3.64. The quantitative estimate of drug-likeness (QED) is 0.656. The van der Waals surface area contributed by atoms with E-state index in [9.17, 15) is 22.0 Å². The first-order valence-corrected chi connectivity index (χ1v) is 5.05. The van der Waals surface area contributed by atoms with Crippen molar-refractivity contribution in [2.75, 3.05) is 0 Å². The van der Waals surface area contributed by atoms with Crippen LogP contribution in [0.4, 0.5) is 8.78 Å². The highest BCUT2D eigenvalue weighted by molar-refractivity contribution is 7.89. The second-order valence-electron chi connectivity index (χ2n) is 2.61. The minimum atomic E-state index is -4.43. The smallest absolute Gasteiger partial charge is 0.290 e. The second kappa shape index (κ2) is 3.59. The molecule has 0 fully saturated rings. The van der Waals surface area contributed by atoms with Crippen molar-refractivity contribution < 1.29 is 22.3 Å². The number of alkyl halides is 2. The lowest BCUT2D eigenvalue weighted by molar-refractivity contribution is 0.141. The lowest BCUT2D eigenvalue weighted by atomic mass is 10.3. The van der Waals surface area contributed by atoms with Crippen LogP contribution in [0.2, 0.25) is 0 Å². The number of rotatable bonds is 2. The SMILES string of the molecule is NS(=O)(=O)c1cc(O)c(=O)[nH]c1C(F)F. The molecule has 1 aromatic rings. The molecule has 0 radical (unpaired) electrons. The van der Waals surface area contributed by atoms with Gasteiger partial charge in [-0.3, -0.25) is 4.79 Å². The van der Waals surface area contributed by atoms with Crippen molar-refractivity contribution in [1.82, 2.24) is 4.98 Å². The van der Waals surface area contributed by atoms with Crippen LogP contribution in [0.15, 0.2) is 15.8 Å². The average Bonchev–Trinajstić information content (AvgIpc) is 2.06. The van der Waals surface area contributed by atoms with Gasteiger partial charge in [-0.25, -0.2) is 22.3 Å². The zero-order valence-electron chi connectivity index (χ0n) is 7.07. The Morgan fingerprint density at radius 1 is 1.47 bits per heavy atom. The molecule has 0 aromatic carbocycles. The molecule has 0 atom stereocenters. The average molecular weight is 240 g/mol. The van der Waals surface area contributed by atoms with Gasteiger partial charge in [0.05, 0.1) is 0 Å². The Bertz CT molecular complexity index is 537. The van der Waals surface area contributed by atoms with Crippen molar-refractivity contribution >= 4 is 10.0 Å². The highest BCUT2D eigenvalue weighted by atomic mass is 32.2. The number of halogens is 2. The van der Waals surface area contributed by atoms with E-state index in [0.29, 0.717) is 6.07 Å². The maximum absolute atomic E-state index is 12.3. The number of sulfonamides is 1. The van der Waals surface area contributed by atoms with Gasteiger partial charge < -0.3 is 10.1 Å². The lowest BCUT2D eigenvalue weighted by Crippen LogP contribution is -2.19. The number of hydrogen-bond acceptors (Lipinski definition) is 4. The molecular weight excluding hydrogens is 234 g/mol. The molecule has 6 nitrogen and oxygen atoms in total. The van der Waals surface area contributed by atoms with Gasteiger partial charge in [-0.1, -0.05) is 0 Å². The predicted octanol–water partition coefficient (Wildman–Crippen LogP) is -0.334. The minimum absolute atomic E-state index is 0.385. The van der Waals surface area contributed by atoms with Crippen LogP contribution in [0.25, 0.3) is 0 Å². The van der Waals surface area contributed by atoms with Crippen LogP contribution in [-0.2, 0) is 10.0 Å². The van der Waals surface area contributed by atoms with Gasteiger partial charge in [0.1, 0.15) is 10.6 Å². The topological polar surface area (TPSA) is 113 Å². The summed E-state index contributed by atoms with van der Waals surface area (Å²) < 4.78 is 46.3. The summed E-state index contributed by atoms with van der Waals surface area (Å²) in [6.07, 6.45) is -3.22. The van der Waals surface area contributed by atoms with Crippen LogP contribution in [-0.4, -0.2) is 18.5 Å². The summed E-state index contributed by atoms with van der Waals surface area (Å²) in [4.78, 5) is 11.3. The molecule has 0 aliphatic heterocycles. The molecule has 1 heterocycles. The monoisotopic (exact) mass is 240 g/mol. The Labute approximate surface area is 82.4 Å². The summed E-state index contributed by atoms with van der Waals surface area (Å²) in [5.41, 5.74) is -2.35. The van der Waals surface area contributed by atoms with Crippen LogP contribution >= 0.6 is 0 Å². The molecular formula is C6H6F2N2O4S. The zero-order valence-corrected chi connectivity index (χ0v) is 7.88. The summed E-state index contributed by atoms with van der Waals surface area (Å²) >= 11 is 0. The molecule has 0 spiro atoms. The van der Waals surface area contributed by atoms with E-state index >= 15 is 0 Å². The van der Waals surface area contributed by atoms with Crippen LogP contribution in [0, 0.1) is 0 Å². The standard InChI is InChI=1S/C6H6F2N2O4S/c7-5(8)4-3(15(9,13)14)1-2(11)6(12)10-4/h1,5,11H,(H,10,12)(H2,9,13,14). The molecule has 9 heteroatoms. The molecule has 4 N–H and O–H groups in total. The third-order valence-corrected chi connectivity index (χ3v) is 2.49. The maximum atomic E-state index is 12.3. The third-order valence-electron chi connectivity index (χ3n) is 1.54. The number of aromatic nitrogens is 1. The first kappa shape index (κ1) is 11.6. The van der Waals surface area contributed by atoms with Crippen molar-refractivity contribution in [2.24, 2.45) is 5.14 Å². The number of primary sulfonamides is 1. The van der Waals surface area contributed by atoms with Gasteiger partial charge in [0.15, 0.2) is 5.75 Å². The molecule has 0 unspecified atom stereocenters. The molecule has 1 aromatic heterocycles. The molecule has 0 aliphatic rings. The van der Waals surface area contributed by atoms with E-state index in [-0.39, 0.29) is 0 Å². The molecule has 0 saturated heterocycles. The van der Waals surface area contributed by atoms with E-state index in [1.165, 1.54) is 4.98 Å². The number of aromatic hydroxyl groups is 1. The molecule has 0 bridgehead atoms. The number of nitrogens with one attached hydrogen (secondary N) is 1. The van der Waals surface area contributed by atoms with E-state index in [1.54, 1.807) is 0 Å². The lowest BCUT2D eigenvalue weighted by Gasteiger charge is -2.06. The van der Waals surface area contributed by atoms with Gasteiger partial charge in [0.2, 0.25) is 10.0 Å². The highest BCUT2D eigenvalue weighted by Gasteiger charge is 2.23. The number of nitrogens with two attached hydrogens (primary N) is 1. The van der Waals surface area contributed by atoms with Crippen LogP contribution in [0.1, 0.15) is 12.1 Å². The van der Waals surface area contributed by atoms with Crippen LogP contribution in [0.5, 0.6) is 5.75 Å². The van der Waals surface area contributed by atoms with E-state index in [1.807, 2.05) is 0 Å². The van der Waals surface area contributed by atoms with Gasteiger partial charge in [-0.2, -0.15) is 0 Å². The molecule has 0 saturated carbocycles. The normalized spacial score (nSPS) is 12.0. The number of pyridine rings is 1. The largest absolute Gasteiger partial charge is 0.503 e.